The molecular weight excluding hydrogens is 326 g/mol. The van der Waals surface area contributed by atoms with Gasteiger partial charge in [0, 0.05) is 11.0 Å². The van der Waals surface area contributed by atoms with E-state index < -0.39 is 6.09 Å². The second-order valence-electron chi connectivity index (χ2n) is 8.13. The van der Waals surface area contributed by atoms with Crippen LogP contribution in [0.1, 0.15) is 55.4 Å². The smallest absolute Gasteiger partial charge is 0.405 e. The van der Waals surface area contributed by atoms with Crippen molar-refractivity contribution in [3.8, 4) is 16.9 Å². The van der Waals surface area contributed by atoms with Crippen LogP contribution in [0.2, 0.25) is 0 Å². The average molecular weight is 351 g/mol. The number of hydrogen-bond donors (Lipinski definition) is 1. The lowest BCUT2D eigenvalue weighted by Gasteiger charge is -2.26. The Morgan fingerprint density at radius 3 is 2.42 bits per heavy atom. The molecule has 2 aliphatic carbocycles. The van der Waals surface area contributed by atoms with Crippen molar-refractivity contribution in [2.45, 2.75) is 45.1 Å². The highest BCUT2D eigenvalue weighted by molar-refractivity contribution is 5.73. The summed E-state index contributed by atoms with van der Waals surface area (Å²) >= 11 is 0. The summed E-state index contributed by atoms with van der Waals surface area (Å²) in [6.45, 7) is 4.19. The first kappa shape index (κ1) is 17.0. The molecule has 1 unspecified atom stereocenters. The third-order valence-electron chi connectivity index (χ3n) is 5.60. The molecule has 0 aliphatic heterocycles. The van der Waals surface area contributed by atoms with Crippen LogP contribution in [-0.2, 0) is 11.2 Å². The highest BCUT2D eigenvalue weighted by atomic mass is 16.6. The van der Waals surface area contributed by atoms with Crippen molar-refractivity contribution in [3.63, 3.8) is 0 Å². The van der Waals surface area contributed by atoms with E-state index in [1.54, 1.807) is 7.11 Å². The lowest BCUT2D eigenvalue weighted by Crippen LogP contribution is -2.25. The Labute approximate surface area is 154 Å². The Morgan fingerprint density at radius 2 is 1.85 bits per heavy atom. The number of amides is 1. The van der Waals surface area contributed by atoms with Crippen LogP contribution in [-0.4, -0.2) is 13.2 Å². The van der Waals surface area contributed by atoms with Crippen molar-refractivity contribution in [2.24, 2.45) is 11.1 Å². The van der Waals surface area contributed by atoms with Gasteiger partial charge >= 0.3 is 6.09 Å². The summed E-state index contributed by atoms with van der Waals surface area (Å²) in [6, 6.07) is 13.0. The van der Waals surface area contributed by atoms with Gasteiger partial charge in [-0.15, -0.1) is 0 Å². The largest absolute Gasteiger partial charge is 0.496 e. The first-order valence-electron chi connectivity index (χ1n) is 9.16. The van der Waals surface area contributed by atoms with Crippen LogP contribution in [0.25, 0.3) is 11.1 Å². The van der Waals surface area contributed by atoms with E-state index in [4.69, 9.17) is 15.2 Å². The Balaban J connectivity index is 1.75. The second-order valence-corrected chi connectivity index (χ2v) is 8.13. The standard InChI is InChI=1S/C22H25NO3/c1-22(2)12-16-10-17(15-8-6-14(7-9-15)13-4-5-13)19(25-3)11-18(16)20(22)26-21(23)24/h6-11,13,20H,4-5,12H2,1-3H3,(H2,23,24). The quantitative estimate of drug-likeness (QED) is 0.847. The molecule has 0 saturated heterocycles. The van der Waals surface area contributed by atoms with E-state index in [0.29, 0.717) is 0 Å². The van der Waals surface area contributed by atoms with Gasteiger partial charge in [-0.2, -0.15) is 0 Å². The van der Waals surface area contributed by atoms with Gasteiger partial charge in [-0.25, -0.2) is 4.79 Å². The summed E-state index contributed by atoms with van der Waals surface area (Å²) in [5, 5.41) is 0. The molecule has 2 aromatic carbocycles. The van der Waals surface area contributed by atoms with Gasteiger partial charge in [-0.05, 0) is 59.6 Å². The maximum absolute atomic E-state index is 11.4. The molecule has 136 valence electrons. The van der Waals surface area contributed by atoms with Crippen molar-refractivity contribution >= 4 is 6.09 Å². The van der Waals surface area contributed by atoms with Crippen LogP contribution < -0.4 is 10.5 Å². The Morgan fingerprint density at radius 1 is 1.15 bits per heavy atom. The van der Waals surface area contributed by atoms with E-state index in [1.807, 2.05) is 6.07 Å². The molecule has 1 atom stereocenters. The monoisotopic (exact) mass is 351 g/mol. The molecule has 2 aliphatic rings. The summed E-state index contributed by atoms with van der Waals surface area (Å²) in [4.78, 5) is 11.4. The SMILES string of the molecule is COc1cc2c(cc1-c1ccc(C3CC3)cc1)CC(C)(C)C2OC(N)=O. The zero-order valence-electron chi connectivity index (χ0n) is 15.5. The van der Waals surface area contributed by atoms with Gasteiger partial charge in [-0.3, -0.25) is 0 Å². The zero-order chi connectivity index (χ0) is 18.5. The molecular formula is C22H25NO3. The number of carbonyl (C=O) groups excluding carboxylic acids is 1. The van der Waals surface area contributed by atoms with Gasteiger partial charge in [-0.1, -0.05) is 38.1 Å². The lowest BCUT2D eigenvalue weighted by molar-refractivity contribution is 0.0391. The van der Waals surface area contributed by atoms with Crippen LogP contribution in [0.15, 0.2) is 36.4 Å². The first-order valence-corrected chi connectivity index (χ1v) is 9.16. The van der Waals surface area contributed by atoms with Crippen LogP contribution in [0, 0.1) is 5.41 Å². The number of fused-ring (bicyclic) bond motifs is 1. The highest BCUT2D eigenvalue weighted by Crippen LogP contribution is 2.50. The fourth-order valence-corrected chi connectivity index (χ4v) is 4.13. The van der Waals surface area contributed by atoms with E-state index >= 15 is 0 Å². The number of primary amides is 1. The lowest BCUT2D eigenvalue weighted by atomic mass is 9.87. The minimum Gasteiger partial charge on any atom is -0.496 e. The molecule has 0 heterocycles. The molecule has 1 amide bonds. The van der Waals surface area contributed by atoms with Gasteiger partial charge in [0.2, 0.25) is 0 Å². The second kappa shape index (κ2) is 6.04. The maximum Gasteiger partial charge on any atom is 0.405 e. The summed E-state index contributed by atoms with van der Waals surface area (Å²) in [5.74, 6) is 1.54. The molecule has 4 nitrogen and oxygen atoms in total. The molecule has 0 bridgehead atoms. The van der Waals surface area contributed by atoms with E-state index in [1.165, 1.54) is 24.0 Å². The van der Waals surface area contributed by atoms with Gasteiger partial charge in [0.1, 0.15) is 11.9 Å². The molecule has 2 aromatic rings. The maximum atomic E-state index is 11.4. The fraction of sp³-hybridized carbons (Fsp3) is 0.409. The first-order chi connectivity index (χ1) is 12.4. The molecule has 0 aromatic heterocycles. The molecule has 1 saturated carbocycles. The number of hydrogen-bond acceptors (Lipinski definition) is 3. The van der Waals surface area contributed by atoms with Gasteiger partial charge in [0.25, 0.3) is 0 Å². The summed E-state index contributed by atoms with van der Waals surface area (Å²) in [7, 11) is 1.67. The number of methoxy groups -OCH3 is 1. The third-order valence-corrected chi connectivity index (χ3v) is 5.60. The summed E-state index contributed by atoms with van der Waals surface area (Å²) in [5.41, 5.74) is 10.9. The molecule has 4 heteroatoms. The Bertz CT molecular complexity index is 850. The number of nitrogens with two attached hydrogens (primary N) is 1. The van der Waals surface area contributed by atoms with E-state index in [2.05, 4.69) is 44.2 Å². The van der Waals surface area contributed by atoms with Crippen LogP contribution in [0.4, 0.5) is 4.79 Å². The van der Waals surface area contributed by atoms with Crippen LogP contribution in [0.3, 0.4) is 0 Å². The highest BCUT2D eigenvalue weighted by Gasteiger charge is 2.42. The van der Waals surface area contributed by atoms with Gasteiger partial charge < -0.3 is 15.2 Å². The third kappa shape index (κ3) is 2.94. The number of benzene rings is 2. The summed E-state index contributed by atoms with van der Waals surface area (Å²) < 4.78 is 11.1. The van der Waals surface area contributed by atoms with Crippen molar-refractivity contribution in [3.05, 3.63) is 53.1 Å². The van der Waals surface area contributed by atoms with E-state index in [-0.39, 0.29) is 11.5 Å². The minimum absolute atomic E-state index is 0.198. The zero-order valence-corrected chi connectivity index (χ0v) is 15.5. The predicted molar refractivity (Wildman–Crippen MR) is 101 cm³/mol. The van der Waals surface area contributed by atoms with Crippen molar-refractivity contribution in [1.29, 1.82) is 0 Å². The molecule has 1 fully saturated rings. The van der Waals surface area contributed by atoms with E-state index in [0.717, 1.165) is 34.8 Å². The van der Waals surface area contributed by atoms with Crippen LogP contribution in [0.5, 0.6) is 5.75 Å². The molecule has 2 N–H and O–H groups in total. The molecule has 0 spiro atoms. The van der Waals surface area contributed by atoms with Crippen LogP contribution >= 0.6 is 0 Å². The fourth-order valence-electron chi connectivity index (χ4n) is 4.13. The van der Waals surface area contributed by atoms with Crippen molar-refractivity contribution in [1.82, 2.24) is 0 Å². The predicted octanol–water partition coefficient (Wildman–Crippen LogP) is 4.96. The topological polar surface area (TPSA) is 61.6 Å². The Kier molecular flexibility index (Phi) is 3.94. The molecule has 0 radical (unpaired) electrons. The Hall–Kier alpha value is -2.49. The average Bonchev–Trinajstić information content (AvgIpc) is 3.41. The number of carbonyl (C=O) groups is 1. The number of ether oxygens (including phenoxy) is 2. The van der Waals surface area contributed by atoms with Crippen molar-refractivity contribution in [2.75, 3.05) is 7.11 Å². The van der Waals surface area contributed by atoms with Gasteiger partial charge in [0.05, 0.1) is 7.11 Å². The number of rotatable bonds is 4. The molecule has 4 rings (SSSR count). The van der Waals surface area contributed by atoms with E-state index in [9.17, 15) is 4.79 Å². The minimum atomic E-state index is -0.741. The van der Waals surface area contributed by atoms with Gasteiger partial charge in [0.15, 0.2) is 0 Å². The molecule has 26 heavy (non-hydrogen) atoms. The summed E-state index contributed by atoms with van der Waals surface area (Å²) in [6.07, 6.45) is 2.34. The normalized spacial score (nSPS) is 20.5. The van der Waals surface area contributed by atoms with Crippen molar-refractivity contribution < 1.29 is 14.3 Å².